The van der Waals surface area contributed by atoms with Crippen LogP contribution in [-0.4, -0.2) is 29.3 Å². The second kappa shape index (κ2) is 6.87. The van der Waals surface area contributed by atoms with E-state index in [1.807, 2.05) is 13.8 Å². The van der Waals surface area contributed by atoms with Crippen molar-refractivity contribution in [3.63, 3.8) is 0 Å². The van der Waals surface area contributed by atoms with Crippen molar-refractivity contribution in [2.45, 2.75) is 33.4 Å². The molecule has 104 valence electrons. The van der Waals surface area contributed by atoms with E-state index in [4.69, 9.17) is 0 Å². The van der Waals surface area contributed by atoms with Crippen LogP contribution in [0.1, 0.15) is 26.3 Å². The minimum absolute atomic E-state index is 0.0194. The van der Waals surface area contributed by atoms with Gasteiger partial charge in [0.25, 0.3) is 0 Å². The summed E-state index contributed by atoms with van der Waals surface area (Å²) in [6.45, 7) is 5.51. The molecule has 0 bridgehead atoms. The van der Waals surface area contributed by atoms with E-state index in [-0.39, 0.29) is 30.2 Å². The van der Waals surface area contributed by atoms with Gasteiger partial charge in [-0.3, -0.25) is 9.59 Å². The number of carbonyl (C=O) groups is 2. The number of nitrogens with zero attached hydrogens (tertiary/aromatic N) is 1. The van der Waals surface area contributed by atoms with Gasteiger partial charge in [-0.05, 0) is 31.5 Å². The smallest absolute Gasteiger partial charge is 0.239 e. The Labute approximate surface area is 112 Å². The van der Waals surface area contributed by atoms with Gasteiger partial charge in [0.05, 0.1) is 6.54 Å². The molecule has 0 aliphatic rings. The molecule has 0 unspecified atom stereocenters. The van der Waals surface area contributed by atoms with Gasteiger partial charge < -0.3 is 10.2 Å². The topological polar surface area (TPSA) is 49.4 Å². The Morgan fingerprint density at radius 2 is 1.84 bits per heavy atom. The maximum absolute atomic E-state index is 12.7. The van der Waals surface area contributed by atoms with E-state index in [1.165, 1.54) is 24.0 Å². The second-order valence-corrected chi connectivity index (χ2v) is 4.64. The van der Waals surface area contributed by atoms with Gasteiger partial charge in [0, 0.05) is 19.5 Å². The number of rotatable bonds is 5. The van der Waals surface area contributed by atoms with Gasteiger partial charge in [0.2, 0.25) is 11.8 Å². The lowest BCUT2D eigenvalue weighted by Crippen LogP contribution is -2.43. The Bertz CT molecular complexity index is 443. The largest absolute Gasteiger partial charge is 0.350 e. The maximum atomic E-state index is 12.7. The minimum atomic E-state index is -0.308. The lowest BCUT2D eigenvalue weighted by atomic mass is 10.2. The molecule has 4 nitrogen and oxygen atoms in total. The van der Waals surface area contributed by atoms with Crippen LogP contribution in [0, 0.1) is 5.82 Å². The van der Waals surface area contributed by atoms with E-state index in [2.05, 4.69) is 5.32 Å². The van der Waals surface area contributed by atoms with Gasteiger partial charge in [-0.25, -0.2) is 4.39 Å². The summed E-state index contributed by atoms with van der Waals surface area (Å²) in [5, 5.41) is 2.70. The molecule has 0 spiro atoms. The number of hydrogen-bond donors (Lipinski definition) is 1. The molecule has 1 aromatic rings. The van der Waals surface area contributed by atoms with Crippen LogP contribution in [0.25, 0.3) is 0 Å². The first-order chi connectivity index (χ1) is 8.90. The molecular formula is C14H19FN2O2. The van der Waals surface area contributed by atoms with Crippen molar-refractivity contribution in [1.82, 2.24) is 10.2 Å². The summed E-state index contributed by atoms with van der Waals surface area (Å²) in [6.07, 6.45) is 0. The number of halogens is 1. The Hall–Kier alpha value is -1.91. The van der Waals surface area contributed by atoms with Crippen molar-refractivity contribution >= 4 is 11.8 Å². The third-order valence-corrected chi connectivity index (χ3v) is 2.74. The predicted octanol–water partition coefficient (Wildman–Crippen LogP) is 1.70. The molecule has 0 saturated carbocycles. The van der Waals surface area contributed by atoms with Gasteiger partial charge in [0.1, 0.15) is 5.82 Å². The summed E-state index contributed by atoms with van der Waals surface area (Å²) >= 11 is 0. The monoisotopic (exact) mass is 266 g/mol. The van der Waals surface area contributed by atoms with E-state index in [9.17, 15) is 14.0 Å². The summed E-state index contributed by atoms with van der Waals surface area (Å²) in [4.78, 5) is 24.5. The van der Waals surface area contributed by atoms with Crippen molar-refractivity contribution in [2.75, 3.05) is 6.54 Å². The molecule has 1 rings (SSSR count). The Kier molecular flexibility index (Phi) is 5.48. The zero-order chi connectivity index (χ0) is 14.4. The zero-order valence-electron chi connectivity index (χ0n) is 11.4. The zero-order valence-corrected chi connectivity index (χ0v) is 11.4. The van der Waals surface area contributed by atoms with Crippen molar-refractivity contribution in [2.24, 2.45) is 0 Å². The van der Waals surface area contributed by atoms with E-state index < -0.39 is 0 Å². The fraction of sp³-hybridized carbons (Fsp3) is 0.429. The lowest BCUT2D eigenvalue weighted by Gasteiger charge is -2.24. The maximum Gasteiger partial charge on any atom is 0.239 e. The number of hydrogen-bond acceptors (Lipinski definition) is 2. The molecule has 0 aliphatic carbocycles. The summed E-state index contributed by atoms with van der Waals surface area (Å²) in [5.74, 6) is -0.669. The lowest BCUT2D eigenvalue weighted by molar-refractivity contribution is -0.136. The summed E-state index contributed by atoms with van der Waals surface area (Å²) in [6, 6.07) is 5.89. The standard InChI is InChI=1S/C14H19FN2O2/c1-10(2)17(11(3)18)9-14(19)16-8-12-4-6-13(15)7-5-12/h4-7,10H,8-9H2,1-3H3,(H,16,19). The molecule has 0 heterocycles. The van der Waals surface area contributed by atoms with Gasteiger partial charge in [-0.1, -0.05) is 12.1 Å². The molecule has 0 aliphatic heterocycles. The molecule has 0 radical (unpaired) electrons. The summed E-state index contributed by atoms with van der Waals surface area (Å²) in [7, 11) is 0. The van der Waals surface area contributed by atoms with Crippen molar-refractivity contribution < 1.29 is 14.0 Å². The van der Waals surface area contributed by atoms with Gasteiger partial charge in [-0.2, -0.15) is 0 Å². The normalized spacial score (nSPS) is 10.4. The highest BCUT2D eigenvalue weighted by molar-refractivity contribution is 5.83. The van der Waals surface area contributed by atoms with Crippen molar-refractivity contribution in [3.8, 4) is 0 Å². The fourth-order valence-corrected chi connectivity index (χ4v) is 1.67. The van der Waals surface area contributed by atoms with Crippen LogP contribution in [0.3, 0.4) is 0 Å². The molecule has 5 heteroatoms. The SMILES string of the molecule is CC(=O)N(CC(=O)NCc1ccc(F)cc1)C(C)C. The quantitative estimate of drug-likeness (QED) is 0.882. The molecule has 19 heavy (non-hydrogen) atoms. The number of nitrogens with one attached hydrogen (secondary N) is 1. The number of carbonyl (C=O) groups excluding carboxylic acids is 2. The molecule has 0 fully saturated rings. The van der Waals surface area contributed by atoms with Crippen LogP contribution in [0.4, 0.5) is 4.39 Å². The Morgan fingerprint density at radius 1 is 1.26 bits per heavy atom. The van der Waals surface area contributed by atoms with Crippen molar-refractivity contribution in [3.05, 3.63) is 35.6 Å². The third kappa shape index (κ3) is 5.07. The fourth-order valence-electron chi connectivity index (χ4n) is 1.67. The molecule has 2 amide bonds. The summed E-state index contributed by atoms with van der Waals surface area (Å²) < 4.78 is 12.7. The molecule has 1 N–H and O–H groups in total. The predicted molar refractivity (Wildman–Crippen MR) is 70.8 cm³/mol. The summed E-state index contributed by atoms with van der Waals surface area (Å²) in [5.41, 5.74) is 0.814. The van der Waals surface area contributed by atoms with E-state index in [1.54, 1.807) is 12.1 Å². The van der Waals surface area contributed by atoms with Crippen LogP contribution in [0.5, 0.6) is 0 Å². The Balaban J connectivity index is 2.47. The van der Waals surface area contributed by atoms with Crippen LogP contribution in [0.15, 0.2) is 24.3 Å². The first-order valence-electron chi connectivity index (χ1n) is 6.18. The first kappa shape index (κ1) is 15.1. The van der Waals surface area contributed by atoms with E-state index >= 15 is 0 Å². The van der Waals surface area contributed by atoms with Crippen molar-refractivity contribution in [1.29, 1.82) is 0 Å². The second-order valence-electron chi connectivity index (χ2n) is 4.64. The van der Waals surface area contributed by atoms with Crippen LogP contribution in [-0.2, 0) is 16.1 Å². The minimum Gasteiger partial charge on any atom is -0.350 e. The molecule has 0 aromatic heterocycles. The van der Waals surface area contributed by atoms with Crippen LogP contribution >= 0.6 is 0 Å². The third-order valence-electron chi connectivity index (χ3n) is 2.74. The first-order valence-corrected chi connectivity index (χ1v) is 6.18. The molecule has 1 aromatic carbocycles. The highest BCUT2D eigenvalue weighted by Crippen LogP contribution is 2.02. The molecule has 0 atom stereocenters. The van der Waals surface area contributed by atoms with Crippen LogP contribution in [0.2, 0.25) is 0 Å². The van der Waals surface area contributed by atoms with E-state index in [0.717, 1.165) is 5.56 Å². The molecule has 0 saturated heterocycles. The average molecular weight is 266 g/mol. The Morgan fingerprint density at radius 3 is 2.32 bits per heavy atom. The highest BCUT2D eigenvalue weighted by atomic mass is 19.1. The van der Waals surface area contributed by atoms with Gasteiger partial charge in [-0.15, -0.1) is 0 Å². The van der Waals surface area contributed by atoms with Gasteiger partial charge >= 0.3 is 0 Å². The highest BCUT2D eigenvalue weighted by Gasteiger charge is 2.16. The number of amides is 2. The molecular weight excluding hydrogens is 247 g/mol. The van der Waals surface area contributed by atoms with Gasteiger partial charge in [0.15, 0.2) is 0 Å². The van der Waals surface area contributed by atoms with E-state index in [0.29, 0.717) is 6.54 Å². The average Bonchev–Trinajstić information content (AvgIpc) is 2.34. The number of benzene rings is 1. The van der Waals surface area contributed by atoms with Crippen LogP contribution < -0.4 is 5.32 Å².